The molecule has 1 N–H and O–H groups in total. The lowest BCUT2D eigenvalue weighted by Crippen LogP contribution is -2.05. The maximum Gasteiger partial charge on any atom is 0.207 e. The van der Waals surface area contributed by atoms with Gasteiger partial charge in [0, 0.05) is 17.5 Å². The number of ether oxygens (including phenoxy) is 4. The van der Waals surface area contributed by atoms with Gasteiger partial charge in [-0.3, -0.25) is 0 Å². The van der Waals surface area contributed by atoms with Gasteiger partial charge in [-0.25, -0.2) is 0 Å². The molecule has 124 valence electrons. The van der Waals surface area contributed by atoms with Gasteiger partial charge in [0.05, 0.1) is 28.4 Å². The molecule has 5 nitrogen and oxygen atoms in total. The molecule has 0 aliphatic rings. The third-order valence-electron chi connectivity index (χ3n) is 3.79. The second kappa shape index (κ2) is 7.13. The van der Waals surface area contributed by atoms with Gasteiger partial charge in [0.15, 0.2) is 11.5 Å². The minimum Gasteiger partial charge on any atom is -0.508 e. The Hall–Kier alpha value is -2.56. The van der Waals surface area contributed by atoms with Gasteiger partial charge in [0.1, 0.15) is 5.75 Å². The summed E-state index contributed by atoms with van der Waals surface area (Å²) in [5.41, 5.74) is 2.79. The highest BCUT2D eigenvalue weighted by Crippen LogP contribution is 2.49. The Morgan fingerprint density at radius 3 is 1.91 bits per heavy atom. The maximum atomic E-state index is 9.67. The van der Waals surface area contributed by atoms with Crippen LogP contribution in [0.2, 0.25) is 0 Å². The summed E-state index contributed by atoms with van der Waals surface area (Å²) in [6.45, 7) is 1.95. The fourth-order valence-electron chi connectivity index (χ4n) is 2.74. The van der Waals surface area contributed by atoms with Crippen molar-refractivity contribution in [3.8, 4) is 28.7 Å². The van der Waals surface area contributed by atoms with Crippen LogP contribution in [0.25, 0.3) is 0 Å². The molecule has 0 aromatic heterocycles. The normalized spacial score (nSPS) is 10.3. The van der Waals surface area contributed by atoms with E-state index in [1.807, 2.05) is 19.1 Å². The fraction of sp³-hybridized carbons (Fsp3) is 0.333. The van der Waals surface area contributed by atoms with Gasteiger partial charge in [-0.1, -0.05) is 12.1 Å². The maximum absolute atomic E-state index is 9.67. The molecule has 0 bridgehead atoms. The van der Waals surface area contributed by atoms with Crippen LogP contribution < -0.4 is 18.9 Å². The molecule has 0 aliphatic carbocycles. The zero-order valence-electron chi connectivity index (χ0n) is 14.1. The lowest BCUT2D eigenvalue weighted by molar-refractivity contribution is 0.302. The lowest BCUT2D eigenvalue weighted by atomic mass is 9.97. The van der Waals surface area contributed by atoms with Crippen LogP contribution in [0.1, 0.15) is 16.7 Å². The molecule has 5 heteroatoms. The highest BCUT2D eigenvalue weighted by atomic mass is 16.5. The Balaban J connectivity index is 2.66. The summed E-state index contributed by atoms with van der Waals surface area (Å²) in [7, 11) is 6.31. The Bertz CT molecular complexity index is 694. The Morgan fingerprint density at radius 2 is 1.39 bits per heavy atom. The molecule has 0 unspecified atom stereocenters. The molecule has 23 heavy (non-hydrogen) atoms. The summed E-state index contributed by atoms with van der Waals surface area (Å²) < 4.78 is 22.0. The van der Waals surface area contributed by atoms with E-state index < -0.39 is 0 Å². The summed E-state index contributed by atoms with van der Waals surface area (Å²) in [6, 6.07) is 7.12. The summed E-state index contributed by atoms with van der Waals surface area (Å²) in [5, 5.41) is 9.67. The highest BCUT2D eigenvalue weighted by Gasteiger charge is 2.25. The first kappa shape index (κ1) is 16.8. The van der Waals surface area contributed by atoms with E-state index >= 15 is 0 Å². The number of hydrogen-bond acceptors (Lipinski definition) is 5. The van der Waals surface area contributed by atoms with Gasteiger partial charge in [-0.15, -0.1) is 0 Å². The van der Waals surface area contributed by atoms with Gasteiger partial charge in [-0.2, -0.15) is 0 Å². The average Bonchev–Trinajstić information content (AvgIpc) is 2.55. The van der Waals surface area contributed by atoms with E-state index in [0.29, 0.717) is 29.4 Å². The van der Waals surface area contributed by atoms with E-state index in [0.717, 1.165) is 16.7 Å². The smallest absolute Gasteiger partial charge is 0.207 e. The van der Waals surface area contributed by atoms with Crippen molar-refractivity contribution in [2.45, 2.75) is 13.3 Å². The highest BCUT2D eigenvalue weighted by molar-refractivity contribution is 5.67. The molecular formula is C18H22O5. The van der Waals surface area contributed by atoms with Crippen molar-refractivity contribution >= 4 is 0 Å². The summed E-state index contributed by atoms with van der Waals surface area (Å²) in [5.74, 6) is 2.44. The van der Waals surface area contributed by atoms with Crippen LogP contribution >= 0.6 is 0 Å². The summed E-state index contributed by atoms with van der Waals surface area (Å²) in [6.07, 6.45) is 0.570. The number of phenolic OH excluding ortho intramolecular Hbond substituents is 1. The second-order valence-electron chi connectivity index (χ2n) is 5.08. The van der Waals surface area contributed by atoms with E-state index in [1.54, 1.807) is 40.6 Å². The molecule has 2 aromatic carbocycles. The monoisotopic (exact) mass is 318 g/mol. The average molecular weight is 318 g/mol. The van der Waals surface area contributed by atoms with Crippen LogP contribution in [0.15, 0.2) is 24.3 Å². The molecular weight excluding hydrogens is 296 g/mol. The Labute approximate surface area is 136 Å². The molecule has 2 rings (SSSR count). The number of rotatable bonds is 6. The van der Waals surface area contributed by atoms with Crippen molar-refractivity contribution in [1.29, 1.82) is 0 Å². The van der Waals surface area contributed by atoms with E-state index in [9.17, 15) is 5.11 Å². The van der Waals surface area contributed by atoms with Gasteiger partial charge in [-0.05, 0) is 24.6 Å². The standard InChI is InChI=1S/C18H22O5/c1-11-14(10-12-7-6-8-13(19)9-12)16(21-3)18(23-5)17(22-4)15(11)20-2/h6-9,19H,10H2,1-5H3. The zero-order chi connectivity index (χ0) is 17.0. The molecule has 0 spiro atoms. The second-order valence-corrected chi connectivity index (χ2v) is 5.08. The first-order valence-electron chi connectivity index (χ1n) is 7.20. The van der Waals surface area contributed by atoms with E-state index in [1.165, 1.54) is 0 Å². The zero-order valence-corrected chi connectivity index (χ0v) is 14.1. The summed E-state index contributed by atoms with van der Waals surface area (Å²) >= 11 is 0. The number of methoxy groups -OCH3 is 4. The molecule has 0 heterocycles. The predicted octanol–water partition coefficient (Wildman–Crippen LogP) is 3.33. The van der Waals surface area contributed by atoms with E-state index in [-0.39, 0.29) is 5.75 Å². The quantitative estimate of drug-likeness (QED) is 0.885. The third kappa shape index (κ3) is 3.13. The fourth-order valence-corrected chi connectivity index (χ4v) is 2.74. The van der Waals surface area contributed by atoms with Crippen LogP contribution in [0, 0.1) is 6.92 Å². The van der Waals surface area contributed by atoms with Crippen LogP contribution in [-0.4, -0.2) is 33.5 Å². The van der Waals surface area contributed by atoms with Crippen molar-refractivity contribution in [2.24, 2.45) is 0 Å². The Kier molecular flexibility index (Phi) is 5.21. The van der Waals surface area contributed by atoms with Gasteiger partial charge >= 0.3 is 0 Å². The molecule has 0 radical (unpaired) electrons. The molecule has 0 saturated carbocycles. The van der Waals surface area contributed by atoms with Crippen molar-refractivity contribution in [3.05, 3.63) is 41.0 Å². The molecule has 0 fully saturated rings. The lowest BCUT2D eigenvalue weighted by Gasteiger charge is -2.21. The minimum absolute atomic E-state index is 0.228. The Morgan fingerprint density at radius 1 is 0.826 bits per heavy atom. The van der Waals surface area contributed by atoms with Crippen LogP contribution in [0.5, 0.6) is 28.7 Å². The van der Waals surface area contributed by atoms with Crippen LogP contribution in [0.4, 0.5) is 0 Å². The first-order chi connectivity index (χ1) is 11.1. The van der Waals surface area contributed by atoms with Crippen LogP contribution in [0.3, 0.4) is 0 Å². The largest absolute Gasteiger partial charge is 0.508 e. The van der Waals surface area contributed by atoms with E-state index in [2.05, 4.69) is 0 Å². The molecule has 0 aliphatic heterocycles. The predicted molar refractivity (Wildman–Crippen MR) is 88.3 cm³/mol. The van der Waals surface area contributed by atoms with Gasteiger partial charge in [0.25, 0.3) is 0 Å². The minimum atomic E-state index is 0.228. The van der Waals surface area contributed by atoms with Crippen molar-refractivity contribution in [2.75, 3.05) is 28.4 Å². The molecule has 0 amide bonds. The van der Waals surface area contributed by atoms with Crippen molar-refractivity contribution in [3.63, 3.8) is 0 Å². The van der Waals surface area contributed by atoms with Crippen molar-refractivity contribution in [1.82, 2.24) is 0 Å². The molecule has 0 atom stereocenters. The third-order valence-corrected chi connectivity index (χ3v) is 3.79. The summed E-state index contributed by atoms with van der Waals surface area (Å²) in [4.78, 5) is 0. The SMILES string of the molecule is COc1c(C)c(Cc2cccc(O)c2)c(OC)c(OC)c1OC. The number of aromatic hydroxyl groups is 1. The first-order valence-corrected chi connectivity index (χ1v) is 7.20. The van der Waals surface area contributed by atoms with E-state index in [4.69, 9.17) is 18.9 Å². The number of phenols is 1. The number of benzene rings is 2. The topological polar surface area (TPSA) is 57.2 Å². The molecule has 2 aromatic rings. The van der Waals surface area contributed by atoms with Crippen molar-refractivity contribution < 1.29 is 24.1 Å². The van der Waals surface area contributed by atoms with Gasteiger partial charge in [0.2, 0.25) is 11.5 Å². The molecule has 0 saturated heterocycles. The van der Waals surface area contributed by atoms with Crippen LogP contribution in [-0.2, 0) is 6.42 Å². The van der Waals surface area contributed by atoms with Gasteiger partial charge < -0.3 is 24.1 Å². The number of hydrogen-bond donors (Lipinski definition) is 1.